The van der Waals surface area contributed by atoms with Gasteiger partial charge in [0, 0.05) is 23.1 Å². The SMILES string of the molecule is COc1cc(C)c2c(c1OC)[C@H](N)CSC2. The van der Waals surface area contributed by atoms with Crippen molar-refractivity contribution in [2.75, 3.05) is 20.0 Å². The summed E-state index contributed by atoms with van der Waals surface area (Å²) >= 11 is 1.87. The number of hydrogen-bond donors (Lipinski definition) is 1. The van der Waals surface area contributed by atoms with E-state index in [9.17, 15) is 0 Å². The fraction of sp³-hybridized carbons (Fsp3) is 0.500. The fourth-order valence-corrected chi connectivity index (χ4v) is 3.27. The highest BCUT2D eigenvalue weighted by Gasteiger charge is 2.25. The zero-order valence-corrected chi connectivity index (χ0v) is 10.7. The number of thioether (sulfide) groups is 1. The van der Waals surface area contributed by atoms with Crippen LogP contribution in [0, 0.1) is 6.92 Å². The lowest BCUT2D eigenvalue weighted by molar-refractivity contribution is 0.349. The Balaban J connectivity index is 2.65. The van der Waals surface area contributed by atoms with Crippen molar-refractivity contribution < 1.29 is 9.47 Å². The predicted octanol–water partition coefficient (Wildman–Crippen LogP) is 2.26. The lowest BCUT2D eigenvalue weighted by Crippen LogP contribution is -2.21. The van der Waals surface area contributed by atoms with Crippen LogP contribution < -0.4 is 15.2 Å². The van der Waals surface area contributed by atoms with Crippen LogP contribution in [0.15, 0.2) is 6.07 Å². The van der Waals surface area contributed by atoms with Crippen LogP contribution >= 0.6 is 11.8 Å². The van der Waals surface area contributed by atoms with Gasteiger partial charge in [-0.1, -0.05) is 0 Å². The molecule has 1 atom stereocenters. The molecule has 0 fully saturated rings. The van der Waals surface area contributed by atoms with E-state index in [0.29, 0.717) is 0 Å². The highest BCUT2D eigenvalue weighted by Crippen LogP contribution is 2.43. The molecule has 0 saturated heterocycles. The van der Waals surface area contributed by atoms with Crippen molar-refractivity contribution in [2.24, 2.45) is 5.73 Å². The first-order valence-electron chi connectivity index (χ1n) is 5.26. The summed E-state index contributed by atoms with van der Waals surface area (Å²) in [6.07, 6.45) is 0. The van der Waals surface area contributed by atoms with Crippen molar-refractivity contribution in [3.05, 3.63) is 22.8 Å². The van der Waals surface area contributed by atoms with Crippen molar-refractivity contribution >= 4 is 11.8 Å². The summed E-state index contributed by atoms with van der Waals surface area (Å²) in [6, 6.07) is 2.06. The molecule has 0 aliphatic carbocycles. The number of nitrogens with two attached hydrogens (primary N) is 1. The van der Waals surface area contributed by atoms with E-state index in [0.717, 1.165) is 28.6 Å². The third kappa shape index (κ3) is 1.76. The normalized spacial score (nSPS) is 19.1. The Bertz CT molecular complexity index is 406. The fourth-order valence-electron chi connectivity index (χ4n) is 2.15. The third-order valence-corrected chi connectivity index (χ3v) is 4.04. The first-order valence-corrected chi connectivity index (χ1v) is 6.42. The standard InChI is InChI=1S/C12H17NO2S/c1-7-4-10(14-2)12(15-3)11-8(7)5-16-6-9(11)13/h4,9H,5-6,13H2,1-3H3/t9-/m1/s1. The van der Waals surface area contributed by atoms with E-state index in [1.54, 1.807) is 14.2 Å². The molecule has 0 saturated carbocycles. The number of benzene rings is 1. The summed E-state index contributed by atoms with van der Waals surface area (Å²) in [5.74, 6) is 3.53. The second-order valence-electron chi connectivity index (χ2n) is 3.94. The van der Waals surface area contributed by atoms with Crippen LogP contribution in [0.25, 0.3) is 0 Å². The van der Waals surface area contributed by atoms with Crippen LogP contribution in [-0.2, 0) is 5.75 Å². The van der Waals surface area contributed by atoms with Crippen molar-refractivity contribution in [3.8, 4) is 11.5 Å². The molecule has 88 valence electrons. The summed E-state index contributed by atoms with van der Waals surface area (Å²) in [7, 11) is 3.33. The number of rotatable bonds is 2. The first kappa shape index (κ1) is 11.6. The smallest absolute Gasteiger partial charge is 0.165 e. The molecule has 1 aliphatic rings. The Morgan fingerprint density at radius 1 is 1.38 bits per heavy atom. The topological polar surface area (TPSA) is 44.5 Å². The molecule has 16 heavy (non-hydrogen) atoms. The molecule has 0 bridgehead atoms. The number of ether oxygens (including phenoxy) is 2. The van der Waals surface area contributed by atoms with Gasteiger partial charge in [0.15, 0.2) is 11.5 Å². The molecule has 3 nitrogen and oxygen atoms in total. The lowest BCUT2D eigenvalue weighted by Gasteiger charge is -2.27. The lowest BCUT2D eigenvalue weighted by atomic mass is 9.96. The van der Waals surface area contributed by atoms with Gasteiger partial charge in [-0.25, -0.2) is 0 Å². The van der Waals surface area contributed by atoms with E-state index in [1.165, 1.54) is 11.1 Å². The van der Waals surface area contributed by atoms with Crippen LogP contribution in [-0.4, -0.2) is 20.0 Å². The Hall–Kier alpha value is -0.870. The number of hydrogen-bond acceptors (Lipinski definition) is 4. The average molecular weight is 239 g/mol. The summed E-state index contributed by atoms with van der Waals surface area (Å²) in [5.41, 5.74) is 9.82. The van der Waals surface area contributed by atoms with Gasteiger partial charge in [0.1, 0.15) is 0 Å². The molecule has 1 aliphatic heterocycles. The molecule has 1 aromatic carbocycles. The molecule has 1 aromatic rings. The second-order valence-corrected chi connectivity index (χ2v) is 4.97. The van der Waals surface area contributed by atoms with Gasteiger partial charge in [-0.3, -0.25) is 0 Å². The molecule has 0 radical (unpaired) electrons. The van der Waals surface area contributed by atoms with Gasteiger partial charge in [0.05, 0.1) is 14.2 Å². The molecule has 1 heterocycles. The van der Waals surface area contributed by atoms with Gasteiger partial charge in [-0.15, -0.1) is 0 Å². The van der Waals surface area contributed by atoms with Gasteiger partial charge >= 0.3 is 0 Å². The minimum Gasteiger partial charge on any atom is -0.493 e. The zero-order chi connectivity index (χ0) is 11.7. The van der Waals surface area contributed by atoms with Crippen LogP contribution in [0.1, 0.15) is 22.7 Å². The van der Waals surface area contributed by atoms with Gasteiger partial charge in [-0.2, -0.15) is 11.8 Å². The van der Waals surface area contributed by atoms with E-state index < -0.39 is 0 Å². The minimum absolute atomic E-state index is 0.0394. The quantitative estimate of drug-likeness (QED) is 0.859. The van der Waals surface area contributed by atoms with E-state index >= 15 is 0 Å². The summed E-state index contributed by atoms with van der Waals surface area (Å²) in [5, 5.41) is 0. The van der Waals surface area contributed by atoms with E-state index in [2.05, 4.69) is 6.92 Å². The Morgan fingerprint density at radius 2 is 2.12 bits per heavy atom. The molecule has 0 spiro atoms. The van der Waals surface area contributed by atoms with Crippen molar-refractivity contribution in [1.29, 1.82) is 0 Å². The van der Waals surface area contributed by atoms with Gasteiger partial charge in [0.25, 0.3) is 0 Å². The predicted molar refractivity (Wildman–Crippen MR) is 67.4 cm³/mol. The van der Waals surface area contributed by atoms with Gasteiger partial charge < -0.3 is 15.2 Å². The van der Waals surface area contributed by atoms with Crippen LogP contribution in [0.4, 0.5) is 0 Å². The average Bonchev–Trinajstić information content (AvgIpc) is 2.29. The van der Waals surface area contributed by atoms with Crippen LogP contribution in [0.3, 0.4) is 0 Å². The third-order valence-electron chi connectivity index (χ3n) is 2.96. The zero-order valence-electron chi connectivity index (χ0n) is 9.87. The maximum Gasteiger partial charge on any atom is 0.165 e. The summed E-state index contributed by atoms with van der Waals surface area (Å²) in [6.45, 7) is 2.10. The molecular weight excluding hydrogens is 222 g/mol. The molecule has 4 heteroatoms. The van der Waals surface area contributed by atoms with E-state index in [-0.39, 0.29) is 6.04 Å². The monoisotopic (exact) mass is 239 g/mol. The number of aryl methyl sites for hydroxylation is 1. The minimum atomic E-state index is 0.0394. The number of methoxy groups -OCH3 is 2. The van der Waals surface area contributed by atoms with Gasteiger partial charge in [-0.05, 0) is 24.1 Å². The highest BCUT2D eigenvalue weighted by molar-refractivity contribution is 7.98. The first-order chi connectivity index (χ1) is 7.69. The number of fused-ring (bicyclic) bond motifs is 1. The highest BCUT2D eigenvalue weighted by atomic mass is 32.2. The van der Waals surface area contributed by atoms with Gasteiger partial charge in [0.2, 0.25) is 0 Å². The largest absolute Gasteiger partial charge is 0.493 e. The molecule has 0 amide bonds. The molecular formula is C12H17NO2S. The van der Waals surface area contributed by atoms with E-state index in [4.69, 9.17) is 15.2 Å². The van der Waals surface area contributed by atoms with Crippen LogP contribution in [0.5, 0.6) is 11.5 Å². The molecule has 0 aromatic heterocycles. The second kappa shape index (κ2) is 4.55. The Kier molecular flexibility index (Phi) is 3.30. The Morgan fingerprint density at radius 3 is 2.75 bits per heavy atom. The molecule has 0 unspecified atom stereocenters. The summed E-state index contributed by atoms with van der Waals surface area (Å²) < 4.78 is 10.8. The Labute approximate surface area is 100 Å². The summed E-state index contributed by atoms with van der Waals surface area (Å²) in [4.78, 5) is 0. The van der Waals surface area contributed by atoms with Crippen molar-refractivity contribution in [2.45, 2.75) is 18.7 Å². The van der Waals surface area contributed by atoms with Crippen molar-refractivity contribution in [3.63, 3.8) is 0 Å². The van der Waals surface area contributed by atoms with E-state index in [1.807, 2.05) is 17.8 Å². The molecule has 2 rings (SSSR count). The maximum atomic E-state index is 6.16. The maximum absolute atomic E-state index is 6.16. The van der Waals surface area contributed by atoms with Crippen LogP contribution in [0.2, 0.25) is 0 Å². The molecule has 2 N–H and O–H groups in total. The van der Waals surface area contributed by atoms with Crippen molar-refractivity contribution in [1.82, 2.24) is 0 Å².